The van der Waals surface area contributed by atoms with E-state index in [1.807, 2.05) is 20.8 Å². The number of carboxylic acids is 1. The van der Waals surface area contributed by atoms with Crippen LogP contribution < -0.4 is 5.32 Å². The lowest BCUT2D eigenvalue weighted by molar-refractivity contribution is -0.143. The van der Waals surface area contributed by atoms with Crippen molar-refractivity contribution in [2.75, 3.05) is 0 Å². The van der Waals surface area contributed by atoms with Gasteiger partial charge >= 0.3 is 5.97 Å². The molecular weight excluding hydrogens is 258 g/mol. The maximum Gasteiger partial charge on any atom is 0.329 e. The van der Waals surface area contributed by atoms with Gasteiger partial charge in [0.05, 0.1) is 5.69 Å². The minimum atomic E-state index is -1.27. The van der Waals surface area contributed by atoms with Crippen molar-refractivity contribution < 1.29 is 14.7 Å². The summed E-state index contributed by atoms with van der Waals surface area (Å²) in [5, 5.41) is 16.2. The van der Waals surface area contributed by atoms with Gasteiger partial charge in [-0.05, 0) is 32.3 Å². The zero-order valence-corrected chi connectivity index (χ0v) is 12.7. The highest BCUT2D eigenvalue weighted by Gasteiger charge is 2.34. The standard InChI is InChI=1S/C14H23N3O3/c1-6-14(5,13(19)20)15-12(18)11-8-10(9(3)4)16-17(11)7-2/h8-9H,6-7H2,1-5H3,(H,15,18)(H,19,20). The monoisotopic (exact) mass is 281 g/mol. The van der Waals surface area contributed by atoms with Gasteiger partial charge in [-0.15, -0.1) is 0 Å². The summed E-state index contributed by atoms with van der Waals surface area (Å²) >= 11 is 0. The fourth-order valence-corrected chi connectivity index (χ4v) is 1.75. The van der Waals surface area contributed by atoms with E-state index in [9.17, 15) is 14.7 Å². The van der Waals surface area contributed by atoms with Crippen molar-refractivity contribution in [3.63, 3.8) is 0 Å². The molecule has 0 aliphatic heterocycles. The zero-order valence-electron chi connectivity index (χ0n) is 12.7. The van der Waals surface area contributed by atoms with Crippen LogP contribution in [0.5, 0.6) is 0 Å². The van der Waals surface area contributed by atoms with E-state index >= 15 is 0 Å². The third kappa shape index (κ3) is 3.18. The number of hydrogen-bond donors (Lipinski definition) is 2. The predicted octanol–water partition coefficient (Wildman–Crippen LogP) is 2.01. The quantitative estimate of drug-likeness (QED) is 0.835. The Morgan fingerprint density at radius 3 is 2.45 bits per heavy atom. The normalized spacial score (nSPS) is 14.1. The molecule has 1 atom stereocenters. The summed E-state index contributed by atoms with van der Waals surface area (Å²) < 4.78 is 1.60. The first kappa shape index (κ1) is 16.2. The zero-order chi connectivity index (χ0) is 15.5. The summed E-state index contributed by atoms with van der Waals surface area (Å²) in [5.41, 5.74) is -0.0413. The molecule has 1 amide bonds. The van der Waals surface area contributed by atoms with Crippen molar-refractivity contribution in [2.24, 2.45) is 0 Å². The molecule has 20 heavy (non-hydrogen) atoms. The number of carbonyl (C=O) groups excluding carboxylic acids is 1. The van der Waals surface area contributed by atoms with Gasteiger partial charge in [0, 0.05) is 6.54 Å². The average Bonchev–Trinajstić information content (AvgIpc) is 2.82. The summed E-state index contributed by atoms with van der Waals surface area (Å²) in [4.78, 5) is 23.6. The van der Waals surface area contributed by atoms with Crippen molar-refractivity contribution in [2.45, 2.75) is 59.0 Å². The van der Waals surface area contributed by atoms with Gasteiger partial charge in [-0.1, -0.05) is 20.8 Å². The number of carbonyl (C=O) groups is 2. The first-order chi connectivity index (χ1) is 9.25. The molecule has 112 valence electrons. The van der Waals surface area contributed by atoms with Crippen LogP contribution in [0.2, 0.25) is 0 Å². The molecule has 6 nitrogen and oxygen atoms in total. The number of nitrogens with one attached hydrogen (secondary N) is 1. The van der Waals surface area contributed by atoms with Crippen LogP contribution in [-0.4, -0.2) is 32.3 Å². The largest absolute Gasteiger partial charge is 0.480 e. The molecule has 0 bridgehead atoms. The van der Waals surface area contributed by atoms with Crippen LogP contribution in [-0.2, 0) is 11.3 Å². The number of amides is 1. The maximum atomic E-state index is 12.3. The number of nitrogens with zero attached hydrogens (tertiary/aromatic N) is 2. The van der Waals surface area contributed by atoms with Crippen LogP contribution in [0.3, 0.4) is 0 Å². The van der Waals surface area contributed by atoms with E-state index in [0.717, 1.165) is 5.69 Å². The highest BCUT2D eigenvalue weighted by molar-refractivity contribution is 5.96. The number of carboxylic acid groups (broad SMARTS) is 1. The molecule has 0 aliphatic rings. The van der Waals surface area contributed by atoms with Gasteiger partial charge in [0.1, 0.15) is 11.2 Å². The van der Waals surface area contributed by atoms with E-state index in [-0.39, 0.29) is 5.92 Å². The molecule has 1 heterocycles. The molecule has 1 aromatic heterocycles. The molecule has 0 aromatic carbocycles. The Balaban J connectivity index is 3.06. The van der Waals surface area contributed by atoms with E-state index in [0.29, 0.717) is 18.7 Å². The van der Waals surface area contributed by atoms with Crippen molar-refractivity contribution in [1.82, 2.24) is 15.1 Å². The number of hydrogen-bond acceptors (Lipinski definition) is 3. The number of aliphatic carboxylic acids is 1. The summed E-state index contributed by atoms with van der Waals surface area (Å²) in [6.45, 7) is 9.68. The van der Waals surface area contributed by atoms with E-state index in [1.165, 1.54) is 6.92 Å². The van der Waals surface area contributed by atoms with Gasteiger partial charge < -0.3 is 10.4 Å². The van der Waals surface area contributed by atoms with Gasteiger partial charge in [-0.3, -0.25) is 9.48 Å². The second kappa shape index (κ2) is 6.07. The van der Waals surface area contributed by atoms with Crippen LogP contribution in [0.15, 0.2) is 6.07 Å². The molecule has 0 saturated heterocycles. The molecule has 0 aliphatic carbocycles. The third-order valence-electron chi connectivity index (χ3n) is 3.49. The minimum Gasteiger partial charge on any atom is -0.480 e. The molecule has 0 radical (unpaired) electrons. The fraction of sp³-hybridized carbons (Fsp3) is 0.643. The van der Waals surface area contributed by atoms with Crippen molar-refractivity contribution in [1.29, 1.82) is 0 Å². The lowest BCUT2D eigenvalue weighted by atomic mass is 9.99. The van der Waals surface area contributed by atoms with Crippen LogP contribution in [0.25, 0.3) is 0 Å². The van der Waals surface area contributed by atoms with Gasteiger partial charge in [-0.25, -0.2) is 4.79 Å². The number of aryl methyl sites for hydroxylation is 1. The highest BCUT2D eigenvalue weighted by atomic mass is 16.4. The lowest BCUT2D eigenvalue weighted by Crippen LogP contribution is -2.52. The fourth-order valence-electron chi connectivity index (χ4n) is 1.75. The van der Waals surface area contributed by atoms with Crippen molar-refractivity contribution in [3.8, 4) is 0 Å². The van der Waals surface area contributed by atoms with E-state index < -0.39 is 17.4 Å². The maximum absolute atomic E-state index is 12.3. The van der Waals surface area contributed by atoms with Gasteiger partial charge in [0.2, 0.25) is 0 Å². The summed E-state index contributed by atoms with van der Waals surface area (Å²) in [6.07, 6.45) is 0.311. The van der Waals surface area contributed by atoms with Crippen LogP contribution >= 0.6 is 0 Å². The topological polar surface area (TPSA) is 84.2 Å². The Bertz CT molecular complexity index is 508. The lowest BCUT2D eigenvalue weighted by Gasteiger charge is -2.24. The first-order valence-electron chi connectivity index (χ1n) is 6.88. The molecule has 2 N–H and O–H groups in total. The Morgan fingerprint density at radius 2 is 2.05 bits per heavy atom. The summed E-state index contributed by atoms with van der Waals surface area (Å²) in [6, 6.07) is 1.72. The first-order valence-corrected chi connectivity index (χ1v) is 6.88. The summed E-state index contributed by atoms with van der Waals surface area (Å²) in [7, 11) is 0. The molecule has 0 saturated carbocycles. The van der Waals surface area contributed by atoms with E-state index in [2.05, 4.69) is 10.4 Å². The van der Waals surface area contributed by atoms with Gasteiger partial charge in [0.25, 0.3) is 5.91 Å². The smallest absolute Gasteiger partial charge is 0.329 e. The molecule has 0 fully saturated rings. The Kier molecular flexibility index (Phi) is 4.92. The Labute approximate surface area is 119 Å². The van der Waals surface area contributed by atoms with Crippen molar-refractivity contribution >= 4 is 11.9 Å². The van der Waals surface area contributed by atoms with E-state index in [4.69, 9.17) is 0 Å². The average molecular weight is 281 g/mol. The Hall–Kier alpha value is -1.85. The van der Waals surface area contributed by atoms with Crippen LogP contribution in [0.1, 0.15) is 63.1 Å². The van der Waals surface area contributed by atoms with Gasteiger partial charge in [0.15, 0.2) is 0 Å². The van der Waals surface area contributed by atoms with Gasteiger partial charge in [-0.2, -0.15) is 5.10 Å². The van der Waals surface area contributed by atoms with E-state index in [1.54, 1.807) is 17.7 Å². The SMILES string of the molecule is CCn1nc(C(C)C)cc1C(=O)NC(C)(CC)C(=O)O. The molecule has 1 aromatic rings. The van der Waals surface area contributed by atoms with Crippen LogP contribution in [0, 0.1) is 0 Å². The molecule has 1 unspecified atom stereocenters. The molecule has 6 heteroatoms. The predicted molar refractivity (Wildman–Crippen MR) is 75.8 cm³/mol. The second-order valence-electron chi connectivity index (χ2n) is 5.37. The molecule has 1 rings (SSSR count). The molecule has 0 spiro atoms. The minimum absolute atomic E-state index is 0.214. The summed E-state index contributed by atoms with van der Waals surface area (Å²) in [5.74, 6) is -1.23. The molecular formula is C14H23N3O3. The number of rotatable bonds is 6. The third-order valence-corrected chi connectivity index (χ3v) is 3.49. The highest BCUT2D eigenvalue weighted by Crippen LogP contribution is 2.16. The van der Waals surface area contributed by atoms with Crippen molar-refractivity contribution in [3.05, 3.63) is 17.5 Å². The van der Waals surface area contributed by atoms with Crippen LogP contribution in [0.4, 0.5) is 0 Å². The number of aromatic nitrogens is 2. The Morgan fingerprint density at radius 1 is 1.45 bits per heavy atom. The second-order valence-corrected chi connectivity index (χ2v) is 5.37.